The van der Waals surface area contributed by atoms with E-state index in [0.29, 0.717) is 64.5 Å². The standard InChI is InChI=1S/C35H47N5O4S/c1-9-12-13-24(10-2)22-44-26-15-14-25(21-41)27(20-26)30-23(4)34(42)40-33(37-30)31(32(38-40)35(5,6)7)36-28-16-17-29(45-28)39(11-3)18-19-43-8/h14-17,20-21,24H,9-13,18-19,22H2,1-8H3. The van der Waals surface area contributed by atoms with E-state index in [1.54, 1.807) is 31.4 Å². The second kappa shape index (κ2) is 15.1. The van der Waals surface area contributed by atoms with Crippen LogP contribution < -0.4 is 15.2 Å². The summed E-state index contributed by atoms with van der Waals surface area (Å²) in [5.74, 6) is 1.46. The molecule has 0 spiro atoms. The van der Waals surface area contributed by atoms with Gasteiger partial charge in [-0.2, -0.15) is 9.78 Å². The minimum Gasteiger partial charge on any atom is -0.493 e. The Morgan fingerprint density at radius 1 is 1.16 bits per heavy atom. The number of fused-ring (bicyclic) bond motifs is 1. The molecule has 0 bridgehead atoms. The summed E-state index contributed by atoms with van der Waals surface area (Å²) in [6.45, 7) is 17.2. The van der Waals surface area contributed by atoms with E-state index in [9.17, 15) is 9.59 Å². The number of thiophene rings is 1. The molecule has 0 saturated carbocycles. The fraction of sp³-hybridized carbons (Fsp3) is 0.514. The van der Waals surface area contributed by atoms with Crippen LogP contribution in [0.2, 0.25) is 0 Å². The Morgan fingerprint density at radius 2 is 1.93 bits per heavy atom. The normalized spacial score (nSPS) is 14.4. The van der Waals surface area contributed by atoms with Gasteiger partial charge in [-0.3, -0.25) is 9.59 Å². The lowest BCUT2D eigenvalue weighted by Crippen LogP contribution is -2.28. The van der Waals surface area contributed by atoms with Gasteiger partial charge in [0, 0.05) is 42.3 Å². The van der Waals surface area contributed by atoms with Gasteiger partial charge in [0.25, 0.3) is 5.56 Å². The van der Waals surface area contributed by atoms with Crippen LogP contribution in [0.25, 0.3) is 11.3 Å². The predicted molar refractivity (Wildman–Crippen MR) is 185 cm³/mol. The third kappa shape index (κ3) is 7.79. The molecule has 1 atom stereocenters. The summed E-state index contributed by atoms with van der Waals surface area (Å²) in [4.78, 5) is 38.3. The fourth-order valence-corrected chi connectivity index (χ4v) is 6.26. The zero-order valence-electron chi connectivity index (χ0n) is 28.0. The van der Waals surface area contributed by atoms with E-state index >= 15 is 0 Å². The molecule has 10 heteroatoms. The summed E-state index contributed by atoms with van der Waals surface area (Å²) in [5.41, 5.74) is 2.36. The second-order valence-corrected chi connectivity index (χ2v) is 13.5. The molecule has 1 aliphatic heterocycles. The maximum atomic E-state index is 13.8. The number of hydrogen-bond acceptors (Lipinski definition) is 9. The average molecular weight is 634 g/mol. The van der Waals surface area contributed by atoms with Crippen LogP contribution >= 0.6 is 11.3 Å². The van der Waals surface area contributed by atoms with E-state index in [-0.39, 0.29) is 5.56 Å². The number of likely N-dealkylation sites (N-methyl/N-ethyl adjacent to an activating group) is 1. The molecule has 3 aromatic rings. The van der Waals surface area contributed by atoms with Crippen LogP contribution in [0, 0.1) is 18.3 Å². The Kier molecular flexibility index (Phi) is 11.5. The number of aliphatic imine (C=N–C) groups is 1. The zero-order valence-corrected chi connectivity index (χ0v) is 28.8. The first-order valence-corrected chi connectivity index (χ1v) is 16.8. The summed E-state index contributed by atoms with van der Waals surface area (Å²) >= 11 is 1.57. The molecule has 0 N–H and O–H groups in total. The smallest absolute Gasteiger partial charge is 0.278 e. The quantitative estimate of drug-likeness (QED) is 0.160. The van der Waals surface area contributed by atoms with Crippen molar-refractivity contribution in [2.75, 3.05) is 38.3 Å². The topological polar surface area (TPSA) is 98.4 Å². The maximum Gasteiger partial charge on any atom is 0.278 e. The number of carbonyl (C=O) groups excluding carboxylic acids is 1. The van der Waals surface area contributed by atoms with Crippen molar-refractivity contribution >= 4 is 39.0 Å². The summed E-state index contributed by atoms with van der Waals surface area (Å²) in [6, 6.07) is 9.40. The largest absolute Gasteiger partial charge is 0.493 e. The van der Waals surface area contributed by atoms with Gasteiger partial charge < -0.3 is 14.4 Å². The molecule has 0 radical (unpaired) electrons. The number of carbonyl (C=O) groups is 1. The van der Waals surface area contributed by atoms with Gasteiger partial charge in [0.15, 0.2) is 12.1 Å². The van der Waals surface area contributed by atoms with Gasteiger partial charge >= 0.3 is 0 Å². The van der Waals surface area contributed by atoms with E-state index in [0.717, 1.165) is 48.6 Å². The molecule has 0 fully saturated rings. The molecule has 0 amide bonds. The van der Waals surface area contributed by atoms with E-state index in [4.69, 9.17) is 24.6 Å². The number of ether oxygens (including phenoxy) is 2. The number of aromatic nitrogens is 2. The maximum absolute atomic E-state index is 13.8. The van der Waals surface area contributed by atoms with Crippen molar-refractivity contribution in [3.8, 4) is 17.0 Å². The van der Waals surface area contributed by atoms with E-state index in [2.05, 4.69) is 31.7 Å². The number of hydrogen-bond donors (Lipinski definition) is 0. The van der Waals surface area contributed by atoms with Crippen molar-refractivity contribution in [3.05, 3.63) is 57.6 Å². The second-order valence-electron chi connectivity index (χ2n) is 12.5. The highest BCUT2D eigenvalue weighted by atomic mass is 32.1. The zero-order chi connectivity index (χ0) is 32.7. The lowest BCUT2D eigenvalue weighted by atomic mass is 9.87. The number of aldehydes is 1. The summed E-state index contributed by atoms with van der Waals surface area (Å²) < 4.78 is 12.9. The van der Waals surface area contributed by atoms with E-state index in [1.165, 1.54) is 11.1 Å². The average Bonchev–Trinajstić information content (AvgIpc) is 3.64. The molecule has 242 valence electrons. The van der Waals surface area contributed by atoms with Gasteiger partial charge in [-0.1, -0.05) is 65.2 Å². The molecule has 0 aliphatic carbocycles. The highest BCUT2D eigenvalue weighted by Crippen LogP contribution is 2.35. The van der Waals surface area contributed by atoms with Gasteiger partial charge in [0.2, 0.25) is 0 Å². The third-order valence-corrected chi connectivity index (χ3v) is 9.17. The van der Waals surface area contributed by atoms with Gasteiger partial charge in [0.1, 0.15) is 16.5 Å². The highest BCUT2D eigenvalue weighted by Gasteiger charge is 2.35. The number of nitrogens with zero attached hydrogens (tertiary/aromatic N) is 5. The molecular weight excluding hydrogens is 586 g/mol. The highest BCUT2D eigenvalue weighted by molar-refractivity contribution is 7.19. The Balaban J connectivity index is 1.79. The van der Waals surface area contributed by atoms with Crippen molar-refractivity contribution in [3.63, 3.8) is 0 Å². The van der Waals surface area contributed by atoms with Crippen LogP contribution in [0.4, 0.5) is 10.0 Å². The van der Waals surface area contributed by atoms with Crippen molar-refractivity contribution < 1.29 is 14.3 Å². The number of methoxy groups -OCH3 is 1. The lowest BCUT2D eigenvalue weighted by molar-refractivity contribution is 0.112. The van der Waals surface area contributed by atoms with E-state index in [1.807, 2.05) is 39.0 Å². The number of unbranched alkanes of at least 4 members (excludes halogenated alkanes) is 1. The Labute approximate surface area is 271 Å². The van der Waals surface area contributed by atoms with Crippen molar-refractivity contribution in [2.45, 2.75) is 74.1 Å². The van der Waals surface area contributed by atoms with Crippen LogP contribution in [0.3, 0.4) is 0 Å². The molecule has 9 nitrogen and oxygen atoms in total. The van der Waals surface area contributed by atoms with Crippen molar-refractivity contribution in [2.24, 2.45) is 21.4 Å². The first-order chi connectivity index (χ1) is 21.6. The van der Waals surface area contributed by atoms with Crippen LogP contribution in [0.1, 0.15) is 89.0 Å². The van der Waals surface area contributed by atoms with Crippen molar-refractivity contribution in [1.29, 1.82) is 0 Å². The molecular formula is C35H47N5O4S. The van der Waals surface area contributed by atoms with Crippen molar-refractivity contribution in [1.82, 2.24) is 9.66 Å². The molecule has 45 heavy (non-hydrogen) atoms. The van der Waals surface area contributed by atoms with Gasteiger partial charge in [0.05, 0.1) is 29.6 Å². The fourth-order valence-electron chi connectivity index (χ4n) is 5.29. The van der Waals surface area contributed by atoms with Gasteiger partial charge in [-0.05, 0) is 56.5 Å². The number of anilines is 1. The first kappa shape index (κ1) is 34.2. The number of rotatable bonds is 15. The van der Waals surface area contributed by atoms with Crippen LogP contribution in [0.15, 0.2) is 45.2 Å². The van der Waals surface area contributed by atoms with E-state index < -0.39 is 5.41 Å². The Morgan fingerprint density at radius 3 is 2.58 bits per heavy atom. The Hall–Kier alpha value is -3.63. The Bertz CT molecular complexity index is 1610. The third-order valence-electron chi connectivity index (χ3n) is 8.13. The van der Waals surface area contributed by atoms with Gasteiger partial charge in [-0.15, -0.1) is 0 Å². The first-order valence-electron chi connectivity index (χ1n) is 15.9. The molecule has 1 aromatic carbocycles. The van der Waals surface area contributed by atoms with Gasteiger partial charge in [-0.25, -0.2) is 9.98 Å². The van der Waals surface area contributed by atoms with Crippen LogP contribution in [-0.4, -0.2) is 60.8 Å². The minimum absolute atomic E-state index is 0.292. The summed E-state index contributed by atoms with van der Waals surface area (Å²) in [5, 5.41) is 6.62. The molecule has 3 heterocycles. The minimum atomic E-state index is -0.406. The van der Waals surface area contributed by atoms with Crippen LogP contribution in [-0.2, 0) is 4.74 Å². The number of benzene rings is 1. The molecule has 1 unspecified atom stereocenters. The lowest BCUT2D eigenvalue weighted by Gasteiger charge is -2.20. The summed E-state index contributed by atoms with van der Waals surface area (Å²) in [7, 11) is 1.70. The molecule has 0 saturated heterocycles. The van der Waals surface area contributed by atoms with Crippen LogP contribution in [0.5, 0.6) is 5.75 Å². The molecule has 2 aromatic heterocycles. The monoisotopic (exact) mass is 633 g/mol. The predicted octanol–water partition coefficient (Wildman–Crippen LogP) is 7.55. The molecule has 4 rings (SSSR count). The molecule has 1 aliphatic rings. The summed E-state index contributed by atoms with van der Waals surface area (Å²) in [6.07, 6.45) is 5.26. The SMILES string of the molecule is CCCCC(CC)COc1ccc(C=O)c(-c2nc3n(c(=O)c2C)N=C(C(C)(C)C)C3=Nc2ccc(N(CC)CCOC)s2)c1.